The second-order valence-electron chi connectivity index (χ2n) is 14.8. The Bertz CT molecular complexity index is 1280. The van der Waals surface area contributed by atoms with Crippen LogP contribution in [0, 0.1) is 5.92 Å². The zero-order chi connectivity index (χ0) is 38.8. The standard InChI is InChI=1S/C40H63NO12/c1-26(34(46)33-35(47)31(41-39(33)51)23-27-19-21-29(44)22-20-27)15-11-7-5-6-9-13-17-28(43)16-12-8-3-2-4-10-14-18-30(45)25-52-40-38(50)37(49)36(48)32(24-42)53-40/h19-22,26,30-32,36-38,40,42,44-45,47-50H,2-18,23-25H2,1H3,(H,41,51)/t26?,30?,31?,32-,36-,37+,38+,40-/m1/s1. The van der Waals surface area contributed by atoms with Crippen LogP contribution in [-0.2, 0) is 30.3 Å². The van der Waals surface area contributed by atoms with Gasteiger partial charge >= 0.3 is 0 Å². The molecule has 1 amide bonds. The van der Waals surface area contributed by atoms with Crippen molar-refractivity contribution in [2.45, 2.75) is 165 Å². The molecular formula is C40H63NO12. The van der Waals surface area contributed by atoms with Gasteiger partial charge in [-0.05, 0) is 49.8 Å². The molecule has 13 heteroatoms. The number of carbonyl (C=O) groups is 3. The average Bonchev–Trinajstić information content (AvgIpc) is 3.42. The van der Waals surface area contributed by atoms with E-state index in [9.17, 15) is 50.1 Å². The van der Waals surface area contributed by atoms with Gasteiger partial charge in [0.1, 0.15) is 47.3 Å². The molecular weight excluding hydrogens is 686 g/mol. The lowest BCUT2D eigenvalue weighted by atomic mass is 9.92. The van der Waals surface area contributed by atoms with Crippen molar-refractivity contribution in [3.05, 3.63) is 41.2 Å². The van der Waals surface area contributed by atoms with E-state index >= 15 is 0 Å². The van der Waals surface area contributed by atoms with Crippen LogP contribution in [0.1, 0.15) is 122 Å². The van der Waals surface area contributed by atoms with E-state index in [1.807, 2.05) is 0 Å². The molecule has 0 aliphatic carbocycles. The molecule has 1 fully saturated rings. The van der Waals surface area contributed by atoms with Gasteiger partial charge in [-0.25, -0.2) is 0 Å². The lowest BCUT2D eigenvalue weighted by Gasteiger charge is -2.39. The molecule has 0 aromatic heterocycles. The van der Waals surface area contributed by atoms with Gasteiger partial charge in [0.25, 0.3) is 5.91 Å². The molecule has 0 radical (unpaired) electrons. The molecule has 2 heterocycles. The topological polar surface area (TPSA) is 223 Å². The predicted octanol–water partition coefficient (Wildman–Crippen LogP) is 3.83. The maximum atomic E-state index is 13.0. The summed E-state index contributed by atoms with van der Waals surface area (Å²) in [4.78, 5) is 37.8. The molecule has 53 heavy (non-hydrogen) atoms. The number of phenolic OH excluding ortho intramolecular Hbond substituents is 1. The fourth-order valence-corrected chi connectivity index (χ4v) is 6.91. The first kappa shape index (κ1) is 44.5. The van der Waals surface area contributed by atoms with E-state index in [-0.39, 0.29) is 35.4 Å². The summed E-state index contributed by atoms with van der Waals surface area (Å²) in [5.74, 6) is -1.00. The van der Waals surface area contributed by atoms with Crippen LogP contribution in [0.2, 0.25) is 0 Å². The molecule has 0 spiro atoms. The van der Waals surface area contributed by atoms with Gasteiger partial charge in [0, 0.05) is 18.8 Å². The Labute approximate surface area is 313 Å². The van der Waals surface area contributed by atoms with Crippen molar-refractivity contribution in [2.75, 3.05) is 13.2 Å². The predicted molar refractivity (Wildman–Crippen MR) is 197 cm³/mol. The van der Waals surface area contributed by atoms with Gasteiger partial charge in [0.15, 0.2) is 12.1 Å². The number of benzene rings is 1. The Balaban J connectivity index is 1.11. The number of phenols is 1. The first-order valence-electron chi connectivity index (χ1n) is 19.6. The summed E-state index contributed by atoms with van der Waals surface area (Å²) in [6.07, 6.45) is 7.84. The van der Waals surface area contributed by atoms with Crippen molar-refractivity contribution in [1.29, 1.82) is 0 Å². The highest BCUT2D eigenvalue weighted by molar-refractivity contribution is 6.22. The first-order chi connectivity index (χ1) is 25.4. The molecule has 8 atom stereocenters. The number of aliphatic hydroxyl groups is 6. The summed E-state index contributed by atoms with van der Waals surface area (Å²) in [5.41, 5.74) is 0.683. The molecule has 0 bridgehead atoms. The molecule has 1 aromatic carbocycles. The number of amides is 1. The zero-order valence-electron chi connectivity index (χ0n) is 31.2. The van der Waals surface area contributed by atoms with Crippen molar-refractivity contribution in [2.24, 2.45) is 5.92 Å². The maximum absolute atomic E-state index is 13.0. The summed E-state index contributed by atoms with van der Waals surface area (Å²) < 4.78 is 10.7. The summed E-state index contributed by atoms with van der Waals surface area (Å²) >= 11 is 0. The number of hydrogen-bond donors (Lipinski definition) is 8. The van der Waals surface area contributed by atoms with Gasteiger partial charge in [-0.2, -0.15) is 0 Å². The molecule has 1 aromatic rings. The fourth-order valence-electron chi connectivity index (χ4n) is 6.91. The van der Waals surface area contributed by atoms with E-state index < -0.39 is 55.4 Å². The van der Waals surface area contributed by atoms with E-state index in [0.29, 0.717) is 37.9 Å². The Morgan fingerprint density at radius 2 is 1.34 bits per heavy atom. The number of nitrogens with one attached hydrogen (secondary N) is 1. The fraction of sp³-hybridized carbons (Fsp3) is 0.725. The number of ether oxygens (including phenoxy) is 2. The zero-order valence-corrected chi connectivity index (χ0v) is 31.2. The van der Waals surface area contributed by atoms with Crippen molar-refractivity contribution in [3.8, 4) is 5.75 Å². The maximum Gasteiger partial charge on any atom is 0.259 e. The minimum atomic E-state index is -1.51. The Hall–Kier alpha value is -2.91. The highest BCUT2D eigenvalue weighted by atomic mass is 16.7. The van der Waals surface area contributed by atoms with E-state index in [2.05, 4.69) is 5.32 Å². The van der Waals surface area contributed by atoms with Crippen molar-refractivity contribution in [1.82, 2.24) is 5.32 Å². The minimum Gasteiger partial charge on any atom is -0.509 e. The second kappa shape index (κ2) is 23.8. The second-order valence-corrected chi connectivity index (χ2v) is 14.8. The summed E-state index contributed by atoms with van der Waals surface area (Å²) in [7, 11) is 0. The molecule has 1 saturated heterocycles. The number of aliphatic hydroxyl groups excluding tert-OH is 6. The van der Waals surface area contributed by atoms with Crippen LogP contribution < -0.4 is 5.32 Å². The van der Waals surface area contributed by atoms with Gasteiger partial charge in [-0.1, -0.05) is 89.7 Å². The molecule has 3 rings (SSSR count). The Morgan fingerprint density at radius 3 is 1.92 bits per heavy atom. The van der Waals surface area contributed by atoms with Crippen LogP contribution in [0.5, 0.6) is 5.75 Å². The van der Waals surface area contributed by atoms with Crippen LogP contribution in [-0.4, -0.2) is 109 Å². The molecule has 8 N–H and O–H groups in total. The lowest BCUT2D eigenvalue weighted by Crippen LogP contribution is -2.59. The van der Waals surface area contributed by atoms with Crippen LogP contribution in [0.3, 0.4) is 0 Å². The number of aromatic hydroxyl groups is 1. The van der Waals surface area contributed by atoms with Crippen LogP contribution >= 0.6 is 0 Å². The van der Waals surface area contributed by atoms with E-state index in [1.54, 1.807) is 19.1 Å². The number of Topliss-reactive ketones (excluding diaryl/α,β-unsaturated/α-hetero) is 2. The number of ketones is 2. The average molecular weight is 750 g/mol. The van der Waals surface area contributed by atoms with Crippen molar-refractivity contribution < 1.29 is 59.6 Å². The summed E-state index contributed by atoms with van der Waals surface area (Å²) in [6, 6.07) is 5.84. The molecule has 2 aliphatic rings. The molecule has 0 saturated carbocycles. The Kier molecular flexibility index (Phi) is 20.0. The summed E-state index contributed by atoms with van der Waals surface area (Å²) in [6.45, 7) is 1.16. The third-order valence-electron chi connectivity index (χ3n) is 10.3. The number of rotatable bonds is 27. The van der Waals surface area contributed by atoms with Crippen molar-refractivity contribution in [3.63, 3.8) is 0 Å². The Morgan fingerprint density at radius 1 is 0.792 bits per heavy atom. The molecule has 3 unspecified atom stereocenters. The SMILES string of the molecule is CC(CCCCCCCCC(=O)CCCCCCCCCC(O)CO[C@@H]1O[C@H](CO)[C@@H](O)[C@H](O)[C@@H]1O)C(=O)C1=C(O)C(Cc2ccc(O)cc2)NC1=O. The van der Waals surface area contributed by atoms with Gasteiger partial charge in [-0.3, -0.25) is 14.4 Å². The highest BCUT2D eigenvalue weighted by Crippen LogP contribution is 2.26. The van der Waals surface area contributed by atoms with Crippen molar-refractivity contribution >= 4 is 17.5 Å². The molecule has 2 aliphatic heterocycles. The normalized spacial score (nSPS) is 24.3. The first-order valence-corrected chi connectivity index (χ1v) is 19.6. The largest absolute Gasteiger partial charge is 0.509 e. The van der Waals surface area contributed by atoms with Gasteiger partial charge in [0.2, 0.25) is 0 Å². The highest BCUT2D eigenvalue weighted by Gasteiger charge is 2.44. The van der Waals surface area contributed by atoms with E-state index in [0.717, 1.165) is 89.0 Å². The molecule has 13 nitrogen and oxygen atoms in total. The summed E-state index contributed by atoms with van der Waals surface area (Å²) in [5, 5.41) is 71.9. The third-order valence-corrected chi connectivity index (χ3v) is 10.3. The van der Waals surface area contributed by atoms with Gasteiger partial charge in [0.05, 0.1) is 25.4 Å². The van der Waals surface area contributed by atoms with Gasteiger partial charge in [-0.15, -0.1) is 0 Å². The number of unbranched alkanes of at least 4 members (excludes halogenated alkanes) is 11. The minimum absolute atomic E-state index is 0.0960. The monoisotopic (exact) mass is 749 g/mol. The van der Waals surface area contributed by atoms with Crippen LogP contribution in [0.4, 0.5) is 0 Å². The van der Waals surface area contributed by atoms with Gasteiger partial charge < -0.3 is 50.5 Å². The quantitative estimate of drug-likeness (QED) is 0.0475. The number of carbonyl (C=O) groups excluding carboxylic acids is 3. The van der Waals surface area contributed by atoms with Crippen LogP contribution in [0.25, 0.3) is 0 Å². The molecule has 300 valence electrons. The lowest BCUT2D eigenvalue weighted by molar-refractivity contribution is -0.304. The van der Waals surface area contributed by atoms with Crippen LogP contribution in [0.15, 0.2) is 35.6 Å². The third kappa shape index (κ3) is 15.0. The van der Waals surface area contributed by atoms with E-state index in [1.165, 1.54) is 12.1 Å². The smallest absolute Gasteiger partial charge is 0.259 e. The number of hydrogen-bond acceptors (Lipinski definition) is 12. The van der Waals surface area contributed by atoms with E-state index in [4.69, 9.17) is 9.47 Å².